The van der Waals surface area contributed by atoms with Crippen LogP contribution in [0.4, 0.5) is 0 Å². The lowest BCUT2D eigenvalue weighted by Gasteiger charge is -2.09. The number of aryl methyl sites for hydroxylation is 2. The number of carbonyl (C=O) groups excluding carboxylic acids is 1. The monoisotopic (exact) mass is 426 g/mol. The number of benzene rings is 2. The lowest BCUT2D eigenvalue weighted by molar-refractivity contribution is -0.118. The van der Waals surface area contributed by atoms with Gasteiger partial charge >= 0.3 is 0 Å². The Morgan fingerprint density at radius 3 is 2.52 bits per heavy atom. The van der Waals surface area contributed by atoms with E-state index in [2.05, 4.69) is 77.3 Å². The Morgan fingerprint density at radius 2 is 1.79 bits per heavy atom. The molecule has 1 heterocycles. The largest absolute Gasteiger partial charge is 0.355 e. The lowest BCUT2D eigenvalue weighted by atomic mass is 10.1. The van der Waals surface area contributed by atoms with E-state index in [-0.39, 0.29) is 5.91 Å². The van der Waals surface area contributed by atoms with Crippen LogP contribution in [0.5, 0.6) is 0 Å². The third-order valence-electron chi connectivity index (χ3n) is 4.47. The molecule has 152 valence electrons. The van der Waals surface area contributed by atoms with Gasteiger partial charge < -0.3 is 9.88 Å². The maximum absolute atomic E-state index is 12.2. The van der Waals surface area contributed by atoms with Gasteiger partial charge in [-0.1, -0.05) is 53.7 Å². The number of nitrogens with zero attached hydrogens (tertiary/aromatic N) is 3. The Morgan fingerprint density at radius 1 is 1.03 bits per heavy atom. The molecule has 1 N–H and O–H groups in total. The third-order valence-corrected chi connectivity index (χ3v) is 6.45. The Bertz CT molecular complexity index is 954. The van der Waals surface area contributed by atoms with Gasteiger partial charge in [0.25, 0.3) is 0 Å². The zero-order valence-electron chi connectivity index (χ0n) is 17.0. The average Bonchev–Trinajstić information content (AvgIpc) is 3.14. The Kier molecular flexibility index (Phi) is 7.77. The minimum Gasteiger partial charge on any atom is -0.355 e. The van der Waals surface area contributed by atoms with Crippen molar-refractivity contribution in [2.24, 2.45) is 0 Å². The van der Waals surface area contributed by atoms with Crippen LogP contribution in [0.1, 0.15) is 18.1 Å². The molecule has 1 amide bonds. The van der Waals surface area contributed by atoms with E-state index in [9.17, 15) is 4.79 Å². The topological polar surface area (TPSA) is 59.8 Å². The van der Waals surface area contributed by atoms with Crippen molar-refractivity contribution < 1.29 is 4.79 Å². The molecule has 0 atom stereocenters. The van der Waals surface area contributed by atoms with Crippen LogP contribution in [0.3, 0.4) is 0 Å². The summed E-state index contributed by atoms with van der Waals surface area (Å²) >= 11 is 3.17. The second-order valence-corrected chi connectivity index (χ2v) is 8.78. The highest BCUT2D eigenvalue weighted by Crippen LogP contribution is 2.26. The number of nitrogens with one attached hydrogen (secondary N) is 1. The second kappa shape index (κ2) is 10.5. The SMILES string of the molecule is CCn1c(SCC(=O)NCCSc2ccc(C)cc2)nnc1-c1ccccc1C. The molecule has 0 aliphatic carbocycles. The third kappa shape index (κ3) is 5.87. The molecular weight excluding hydrogens is 400 g/mol. The normalized spacial score (nSPS) is 10.9. The summed E-state index contributed by atoms with van der Waals surface area (Å²) in [5, 5.41) is 12.4. The van der Waals surface area contributed by atoms with Crippen molar-refractivity contribution in [3.05, 3.63) is 59.7 Å². The van der Waals surface area contributed by atoms with E-state index >= 15 is 0 Å². The van der Waals surface area contributed by atoms with E-state index in [1.807, 2.05) is 12.1 Å². The summed E-state index contributed by atoms with van der Waals surface area (Å²) in [5.41, 5.74) is 3.49. The molecule has 2 aromatic carbocycles. The van der Waals surface area contributed by atoms with E-state index in [0.29, 0.717) is 12.3 Å². The first-order chi connectivity index (χ1) is 14.1. The van der Waals surface area contributed by atoms with Crippen LogP contribution >= 0.6 is 23.5 Å². The van der Waals surface area contributed by atoms with Crippen molar-refractivity contribution >= 4 is 29.4 Å². The van der Waals surface area contributed by atoms with Crippen LogP contribution in [0.15, 0.2) is 58.6 Å². The first-order valence-corrected chi connectivity index (χ1v) is 11.6. The molecule has 0 unspecified atom stereocenters. The molecule has 3 rings (SSSR count). The van der Waals surface area contributed by atoms with Gasteiger partial charge in [-0.2, -0.15) is 0 Å². The average molecular weight is 427 g/mol. The summed E-state index contributed by atoms with van der Waals surface area (Å²) in [4.78, 5) is 13.4. The number of hydrogen-bond donors (Lipinski definition) is 1. The number of hydrogen-bond acceptors (Lipinski definition) is 5. The smallest absolute Gasteiger partial charge is 0.230 e. The summed E-state index contributed by atoms with van der Waals surface area (Å²) in [5.74, 6) is 2.05. The molecule has 0 spiro atoms. The summed E-state index contributed by atoms with van der Waals surface area (Å²) in [6.07, 6.45) is 0. The lowest BCUT2D eigenvalue weighted by Crippen LogP contribution is -2.27. The Hall–Kier alpha value is -2.25. The molecule has 7 heteroatoms. The zero-order valence-corrected chi connectivity index (χ0v) is 18.6. The van der Waals surface area contributed by atoms with E-state index in [1.165, 1.54) is 22.2 Å². The maximum atomic E-state index is 12.2. The summed E-state index contributed by atoms with van der Waals surface area (Å²) in [7, 11) is 0. The molecule has 0 aliphatic rings. The number of thioether (sulfide) groups is 2. The first-order valence-electron chi connectivity index (χ1n) is 9.66. The van der Waals surface area contributed by atoms with Gasteiger partial charge in [0.1, 0.15) is 0 Å². The standard InChI is InChI=1S/C22H26N4OS2/c1-4-26-21(19-8-6-5-7-17(19)3)24-25-22(26)29-15-20(27)23-13-14-28-18-11-9-16(2)10-12-18/h5-12H,4,13-15H2,1-3H3,(H,23,27). The second-order valence-electron chi connectivity index (χ2n) is 6.67. The Balaban J connectivity index is 1.49. The minimum atomic E-state index is 0.0163. The van der Waals surface area contributed by atoms with Crippen molar-refractivity contribution in [3.63, 3.8) is 0 Å². The molecule has 1 aromatic heterocycles. The number of carbonyl (C=O) groups is 1. The fraction of sp³-hybridized carbons (Fsp3) is 0.318. The summed E-state index contributed by atoms with van der Waals surface area (Å²) in [6.45, 7) is 7.62. The minimum absolute atomic E-state index is 0.0163. The van der Waals surface area contributed by atoms with E-state index in [0.717, 1.165) is 34.4 Å². The molecule has 0 fully saturated rings. The fourth-order valence-electron chi connectivity index (χ4n) is 2.88. The van der Waals surface area contributed by atoms with Gasteiger partial charge in [0, 0.05) is 29.3 Å². The maximum Gasteiger partial charge on any atom is 0.230 e. The van der Waals surface area contributed by atoms with Crippen LogP contribution < -0.4 is 5.32 Å². The van der Waals surface area contributed by atoms with Gasteiger partial charge in [0.2, 0.25) is 5.91 Å². The van der Waals surface area contributed by atoms with Crippen molar-refractivity contribution in [1.82, 2.24) is 20.1 Å². The molecule has 29 heavy (non-hydrogen) atoms. The highest BCUT2D eigenvalue weighted by atomic mass is 32.2. The van der Waals surface area contributed by atoms with Crippen LogP contribution in [0.2, 0.25) is 0 Å². The fourth-order valence-corrected chi connectivity index (χ4v) is 4.48. The van der Waals surface area contributed by atoms with Gasteiger partial charge in [-0.3, -0.25) is 4.79 Å². The molecule has 0 saturated heterocycles. The van der Waals surface area contributed by atoms with Crippen molar-refractivity contribution in [1.29, 1.82) is 0 Å². The molecule has 0 radical (unpaired) electrons. The number of amides is 1. The van der Waals surface area contributed by atoms with Crippen molar-refractivity contribution in [2.45, 2.75) is 37.4 Å². The van der Waals surface area contributed by atoms with Crippen LogP contribution in [-0.2, 0) is 11.3 Å². The van der Waals surface area contributed by atoms with Gasteiger partial charge in [-0.15, -0.1) is 22.0 Å². The zero-order chi connectivity index (χ0) is 20.6. The molecular formula is C22H26N4OS2. The van der Waals surface area contributed by atoms with Gasteiger partial charge in [0.05, 0.1) is 5.75 Å². The van der Waals surface area contributed by atoms with Crippen LogP contribution in [-0.4, -0.2) is 38.7 Å². The van der Waals surface area contributed by atoms with Gasteiger partial charge in [-0.05, 0) is 38.5 Å². The highest BCUT2D eigenvalue weighted by Gasteiger charge is 2.15. The predicted molar refractivity (Wildman–Crippen MR) is 122 cm³/mol. The quantitative estimate of drug-likeness (QED) is 0.401. The van der Waals surface area contributed by atoms with Crippen molar-refractivity contribution in [2.75, 3.05) is 18.1 Å². The molecule has 0 aliphatic heterocycles. The first kappa shape index (κ1) is 21.5. The highest BCUT2D eigenvalue weighted by molar-refractivity contribution is 7.99. The molecule has 0 saturated carbocycles. The molecule has 3 aromatic rings. The van der Waals surface area contributed by atoms with Crippen LogP contribution in [0, 0.1) is 13.8 Å². The van der Waals surface area contributed by atoms with Crippen molar-refractivity contribution in [3.8, 4) is 11.4 Å². The van der Waals surface area contributed by atoms with E-state index < -0.39 is 0 Å². The summed E-state index contributed by atoms with van der Waals surface area (Å²) < 4.78 is 2.06. The Labute approximate surface area is 180 Å². The van der Waals surface area contributed by atoms with Crippen LogP contribution in [0.25, 0.3) is 11.4 Å². The van der Waals surface area contributed by atoms with Gasteiger partial charge in [0.15, 0.2) is 11.0 Å². The number of aromatic nitrogens is 3. The number of rotatable bonds is 9. The molecule has 5 nitrogen and oxygen atoms in total. The summed E-state index contributed by atoms with van der Waals surface area (Å²) in [6, 6.07) is 16.6. The van der Waals surface area contributed by atoms with Gasteiger partial charge in [-0.25, -0.2) is 0 Å². The molecule has 0 bridgehead atoms. The predicted octanol–water partition coefficient (Wildman–Crippen LogP) is 4.58. The van der Waals surface area contributed by atoms with E-state index in [1.54, 1.807) is 11.8 Å². The van der Waals surface area contributed by atoms with E-state index in [4.69, 9.17) is 0 Å².